The van der Waals surface area contributed by atoms with Crippen LogP contribution in [0.15, 0.2) is 78.9 Å². The zero-order chi connectivity index (χ0) is 19.8. The summed E-state index contributed by atoms with van der Waals surface area (Å²) in [6.45, 7) is 2.33. The molecule has 0 aliphatic rings. The van der Waals surface area contributed by atoms with Gasteiger partial charge in [0.15, 0.2) is 11.5 Å². The molecule has 1 unspecified atom stereocenters. The summed E-state index contributed by atoms with van der Waals surface area (Å²) in [5.74, 6) is 1.23. The Hall–Kier alpha value is -3.27. The van der Waals surface area contributed by atoms with Crippen LogP contribution >= 0.6 is 0 Å². The van der Waals surface area contributed by atoms with Gasteiger partial charge in [0.05, 0.1) is 26.2 Å². The quantitative estimate of drug-likeness (QED) is 0.622. The molecule has 0 saturated heterocycles. The molecule has 0 aliphatic carbocycles. The molecule has 4 heteroatoms. The van der Waals surface area contributed by atoms with E-state index in [4.69, 9.17) is 9.47 Å². The Morgan fingerprint density at radius 2 is 1.46 bits per heavy atom. The first-order valence-electron chi connectivity index (χ1n) is 9.34. The number of aryl methyl sites for hydroxylation is 1. The van der Waals surface area contributed by atoms with Crippen molar-refractivity contribution >= 4 is 5.91 Å². The van der Waals surface area contributed by atoms with Crippen molar-refractivity contribution in [2.75, 3.05) is 13.7 Å². The predicted molar refractivity (Wildman–Crippen MR) is 111 cm³/mol. The molecule has 28 heavy (non-hydrogen) atoms. The maximum Gasteiger partial charge on any atom is 0.224 e. The lowest BCUT2D eigenvalue weighted by atomic mass is 9.97. The topological polar surface area (TPSA) is 47.6 Å². The molecule has 3 aromatic rings. The molecular formula is C24H25NO3. The first-order valence-corrected chi connectivity index (χ1v) is 9.34. The van der Waals surface area contributed by atoms with Crippen LogP contribution < -0.4 is 14.8 Å². The van der Waals surface area contributed by atoms with Crippen LogP contribution in [0.4, 0.5) is 0 Å². The maximum absolute atomic E-state index is 12.6. The van der Waals surface area contributed by atoms with Gasteiger partial charge in [-0.1, -0.05) is 72.3 Å². The number of hydrogen-bond acceptors (Lipinski definition) is 3. The Labute approximate surface area is 166 Å². The number of para-hydroxylation sites is 2. The highest BCUT2D eigenvalue weighted by Crippen LogP contribution is 2.26. The standard InChI is InChI=1S/C24H25NO3/c1-18-12-14-20(15-13-18)24(19-8-4-3-5-9-19)25-23(26)16-17-28-22-11-7-6-10-21(22)27-2/h3-15,24H,16-17H2,1-2H3,(H,25,26). The maximum atomic E-state index is 12.6. The van der Waals surface area contributed by atoms with E-state index in [0.29, 0.717) is 11.5 Å². The van der Waals surface area contributed by atoms with E-state index in [0.717, 1.165) is 11.1 Å². The number of benzene rings is 3. The van der Waals surface area contributed by atoms with Gasteiger partial charge in [-0.25, -0.2) is 0 Å². The first kappa shape index (κ1) is 19.5. The van der Waals surface area contributed by atoms with Crippen LogP contribution in [-0.2, 0) is 4.79 Å². The van der Waals surface area contributed by atoms with Crippen LogP contribution in [0.5, 0.6) is 11.5 Å². The number of rotatable bonds is 8. The molecule has 3 rings (SSSR count). The van der Waals surface area contributed by atoms with E-state index < -0.39 is 0 Å². The molecule has 0 saturated carbocycles. The van der Waals surface area contributed by atoms with Crippen molar-refractivity contribution in [3.05, 3.63) is 95.6 Å². The van der Waals surface area contributed by atoms with Gasteiger partial charge in [-0.2, -0.15) is 0 Å². The summed E-state index contributed by atoms with van der Waals surface area (Å²) in [7, 11) is 1.60. The van der Waals surface area contributed by atoms with Crippen molar-refractivity contribution in [3.8, 4) is 11.5 Å². The third-order valence-corrected chi connectivity index (χ3v) is 4.50. The number of hydrogen-bond donors (Lipinski definition) is 1. The van der Waals surface area contributed by atoms with Crippen molar-refractivity contribution in [1.29, 1.82) is 0 Å². The molecule has 4 nitrogen and oxygen atoms in total. The lowest BCUT2D eigenvalue weighted by Gasteiger charge is -2.20. The molecule has 0 aliphatic heterocycles. The van der Waals surface area contributed by atoms with E-state index in [1.807, 2.05) is 54.6 Å². The minimum Gasteiger partial charge on any atom is -0.493 e. The van der Waals surface area contributed by atoms with Crippen molar-refractivity contribution in [3.63, 3.8) is 0 Å². The summed E-state index contributed by atoms with van der Waals surface area (Å²) in [5, 5.41) is 3.13. The van der Waals surface area contributed by atoms with Gasteiger partial charge in [0.25, 0.3) is 0 Å². The SMILES string of the molecule is COc1ccccc1OCCC(=O)NC(c1ccccc1)c1ccc(C)cc1. The Kier molecular flexibility index (Phi) is 6.68. The molecule has 1 amide bonds. The molecule has 1 atom stereocenters. The fraction of sp³-hybridized carbons (Fsp3) is 0.208. The smallest absolute Gasteiger partial charge is 0.224 e. The van der Waals surface area contributed by atoms with Gasteiger partial charge in [-0.15, -0.1) is 0 Å². The van der Waals surface area contributed by atoms with Crippen molar-refractivity contribution in [2.24, 2.45) is 0 Å². The monoisotopic (exact) mass is 375 g/mol. The first-order chi connectivity index (χ1) is 13.7. The van der Waals surface area contributed by atoms with Crippen LogP contribution in [0.3, 0.4) is 0 Å². The van der Waals surface area contributed by atoms with Gasteiger partial charge in [0.2, 0.25) is 5.91 Å². The van der Waals surface area contributed by atoms with Crippen LogP contribution in [0, 0.1) is 6.92 Å². The molecule has 0 bridgehead atoms. The Morgan fingerprint density at radius 3 is 2.14 bits per heavy atom. The van der Waals surface area contributed by atoms with Crippen molar-refractivity contribution in [2.45, 2.75) is 19.4 Å². The highest BCUT2D eigenvalue weighted by Gasteiger charge is 2.17. The minimum absolute atomic E-state index is 0.0654. The Bertz CT molecular complexity index is 891. The molecule has 0 aromatic heterocycles. The summed E-state index contributed by atoms with van der Waals surface area (Å²) < 4.78 is 11.0. The summed E-state index contributed by atoms with van der Waals surface area (Å²) in [6, 6.07) is 25.4. The molecule has 0 spiro atoms. The summed E-state index contributed by atoms with van der Waals surface area (Å²) >= 11 is 0. The van der Waals surface area contributed by atoms with Crippen LogP contribution in [-0.4, -0.2) is 19.6 Å². The zero-order valence-electron chi connectivity index (χ0n) is 16.2. The zero-order valence-corrected chi connectivity index (χ0v) is 16.2. The van der Waals surface area contributed by atoms with E-state index in [1.54, 1.807) is 7.11 Å². The van der Waals surface area contributed by atoms with Crippen LogP contribution in [0.1, 0.15) is 29.2 Å². The molecule has 0 heterocycles. The van der Waals surface area contributed by atoms with Crippen molar-refractivity contribution < 1.29 is 14.3 Å². The number of carbonyl (C=O) groups excluding carboxylic acids is 1. The highest BCUT2D eigenvalue weighted by molar-refractivity contribution is 5.77. The van der Waals surface area contributed by atoms with Gasteiger partial charge in [0.1, 0.15) is 0 Å². The second-order valence-electron chi connectivity index (χ2n) is 6.57. The second-order valence-corrected chi connectivity index (χ2v) is 6.57. The number of methoxy groups -OCH3 is 1. The normalized spacial score (nSPS) is 11.5. The van der Waals surface area contributed by atoms with Crippen molar-refractivity contribution in [1.82, 2.24) is 5.32 Å². The van der Waals surface area contributed by atoms with E-state index in [9.17, 15) is 4.79 Å². The lowest BCUT2D eigenvalue weighted by molar-refractivity contribution is -0.122. The average molecular weight is 375 g/mol. The number of amides is 1. The van der Waals surface area contributed by atoms with E-state index >= 15 is 0 Å². The van der Waals surface area contributed by atoms with Crippen LogP contribution in [0.2, 0.25) is 0 Å². The fourth-order valence-corrected chi connectivity index (χ4v) is 2.99. The summed E-state index contributed by atoms with van der Waals surface area (Å²) in [6.07, 6.45) is 0.257. The largest absolute Gasteiger partial charge is 0.493 e. The summed E-state index contributed by atoms with van der Waals surface area (Å²) in [5.41, 5.74) is 3.29. The highest BCUT2D eigenvalue weighted by atomic mass is 16.5. The van der Waals surface area contributed by atoms with Crippen LogP contribution in [0.25, 0.3) is 0 Å². The Morgan fingerprint density at radius 1 is 0.857 bits per heavy atom. The third-order valence-electron chi connectivity index (χ3n) is 4.50. The molecule has 0 fully saturated rings. The third kappa shape index (κ3) is 5.13. The van der Waals surface area contributed by atoms with E-state index in [-0.39, 0.29) is 25.0 Å². The van der Waals surface area contributed by atoms with Gasteiger partial charge in [-0.3, -0.25) is 4.79 Å². The molecule has 144 valence electrons. The van der Waals surface area contributed by atoms with E-state index in [1.165, 1.54) is 5.56 Å². The van der Waals surface area contributed by atoms with Gasteiger partial charge in [0, 0.05) is 0 Å². The average Bonchev–Trinajstić information content (AvgIpc) is 2.74. The Balaban J connectivity index is 1.65. The minimum atomic E-state index is -0.194. The number of nitrogens with one attached hydrogen (secondary N) is 1. The molecular weight excluding hydrogens is 350 g/mol. The molecule has 3 aromatic carbocycles. The predicted octanol–water partition coefficient (Wildman–Crippen LogP) is 4.68. The van der Waals surface area contributed by atoms with Gasteiger partial charge in [-0.05, 0) is 30.2 Å². The fourth-order valence-electron chi connectivity index (χ4n) is 2.99. The molecule has 1 N–H and O–H groups in total. The summed E-state index contributed by atoms with van der Waals surface area (Å²) in [4.78, 5) is 12.6. The van der Waals surface area contributed by atoms with E-state index in [2.05, 4.69) is 36.5 Å². The van der Waals surface area contributed by atoms with Gasteiger partial charge < -0.3 is 14.8 Å². The lowest BCUT2D eigenvalue weighted by Crippen LogP contribution is -2.30. The second kappa shape index (κ2) is 9.60. The molecule has 0 radical (unpaired) electrons. The van der Waals surface area contributed by atoms with Gasteiger partial charge >= 0.3 is 0 Å². The number of ether oxygens (including phenoxy) is 2. The number of carbonyl (C=O) groups is 1.